The first kappa shape index (κ1) is 17.0. The summed E-state index contributed by atoms with van der Waals surface area (Å²) in [4.78, 5) is 0.411. The fourth-order valence-electron chi connectivity index (χ4n) is 2.51. The molecule has 0 unspecified atom stereocenters. The first-order valence-electron chi connectivity index (χ1n) is 7.35. The first-order valence-corrected chi connectivity index (χ1v) is 9.00. The van der Waals surface area contributed by atoms with Crippen molar-refractivity contribution in [1.82, 2.24) is 0 Å². The second kappa shape index (κ2) is 7.11. The molecule has 0 aliphatic rings. The summed E-state index contributed by atoms with van der Waals surface area (Å²) in [7, 11) is -3.18. The number of sulfone groups is 1. The Morgan fingerprint density at radius 3 is 2.10 bits per heavy atom. The highest BCUT2D eigenvalue weighted by atomic mass is 32.2. The van der Waals surface area contributed by atoms with E-state index in [1.54, 1.807) is 19.1 Å². The van der Waals surface area contributed by atoms with E-state index in [1.807, 2.05) is 12.1 Å². The lowest BCUT2D eigenvalue weighted by Gasteiger charge is -2.26. The lowest BCUT2D eigenvalue weighted by molar-refractivity contribution is 0.304. The smallest absolute Gasteiger partial charge is 0.180 e. The number of hydrogen-bond acceptors (Lipinski definition) is 3. The van der Waals surface area contributed by atoms with E-state index in [2.05, 4.69) is 33.0 Å². The molecule has 4 heteroatoms. The van der Waals surface area contributed by atoms with Gasteiger partial charge in [-0.25, -0.2) is 8.42 Å². The van der Waals surface area contributed by atoms with Crippen molar-refractivity contribution in [3.8, 4) is 0 Å². The van der Waals surface area contributed by atoms with Crippen LogP contribution in [0.1, 0.15) is 34.6 Å². The van der Waals surface area contributed by atoms with E-state index >= 15 is 0 Å². The van der Waals surface area contributed by atoms with Gasteiger partial charge in [0.15, 0.2) is 9.84 Å². The van der Waals surface area contributed by atoms with Crippen molar-refractivity contribution in [3.05, 3.63) is 24.3 Å². The zero-order valence-electron chi connectivity index (χ0n) is 13.2. The molecule has 1 aromatic carbocycles. The van der Waals surface area contributed by atoms with Crippen molar-refractivity contribution < 1.29 is 8.42 Å². The minimum Gasteiger partial charge on any atom is -0.384 e. The Bertz CT molecular complexity index is 513. The quantitative estimate of drug-likeness (QED) is 0.832. The van der Waals surface area contributed by atoms with Crippen LogP contribution in [-0.4, -0.2) is 20.7 Å². The van der Waals surface area contributed by atoms with Gasteiger partial charge in [0.1, 0.15) is 0 Å². The fraction of sp³-hybridized carbons (Fsp3) is 0.625. The third kappa shape index (κ3) is 4.23. The topological polar surface area (TPSA) is 46.2 Å². The monoisotopic (exact) mass is 297 g/mol. The van der Waals surface area contributed by atoms with Crippen molar-refractivity contribution >= 4 is 15.5 Å². The van der Waals surface area contributed by atoms with Crippen LogP contribution in [-0.2, 0) is 9.84 Å². The average Bonchev–Trinajstić information content (AvgIpc) is 2.38. The van der Waals surface area contributed by atoms with Gasteiger partial charge in [0.25, 0.3) is 0 Å². The predicted octanol–water partition coefficient (Wildman–Crippen LogP) is 3.82. The van der Waals surface area contributed by atoms with Gasteiger partial charge in [-0.05, 0) is 29.9 Å². The molecule has 0 aliphatic heterocycles. The summed E-state index contributed by atoms with van der Waals surface area (Å²) in [6, 6.07) is 7.17. The van der Waals surface area contributed by atoms with Crippen LogP contribution in [0.2, 0.25) is 0 Å². The highest BCUT2D eigenvalue weighted by Crippen LogP contribution is 2.25. The molecule has 0 saturated heterocycles. The molecule has 0 atom stereocenters. The molecule has 0 aromatic heterocycles. The highest BCUT2D eigenvalue weighted by molar-refractivity contribution is 7.91. The van der Waals surface area contributed by atoms with Crippen LogP contribution in [0.5, 0.6) is 0 Å². The Balaban J connectivity index is 2.94. The molecule has 0 amide bonds. The van der Waals surface area contributed by atoms with Crippen molar-refractivity contribution in [2.45, 2.75) is 39.5 Å². The van der Waals surface area contributed by atoms with Gasteiger partial charge >= 0.3 is 0 Å². The highest BCUT2D eigenvalue weighted by Gasteiger charge is 2.20. The van der Waals surface area contributed by atoms with Crippen molar-refractivity contribution in [1.29, 1.82) is 0 Å². The van der Waals surface area contributed by atoms with Crippen LogP contribution < -0.4 is 5.32 Å². The Hall–Kier alpha value is -1.03. The van der Waals surface area contributed by atoms with Crippen molar-refractivity contribution in [2.24, 2.45) is 17.8 Å². The molecule has 0 radical (unpaired) electrons. The van der Waals surface area contributed by atoms with Gasteiger partial charge in [-0.3, -0.25) is 0 Å². The summed E-state index contributed by atoms with van der Waals surface area (Å²) in [5.41, 5.74) is 0.723. The number of para-hydroxylation sites is 1. The zero-order valence-corrected chi connectivity index (χ0v) is 14.0. The minimum absolute atomic E-state index is 0.128. The van der Waals surface area contributed by atoms with E-state index in [1.165, 1.54) is 0 Å². The summed E-state index contributed by atoms with van der Waals surface area (Å²) in [5, 5.41) is 3.34. The van der Waals surface area contributed by atoms with E-state index in [-0.39, 0.29) is 5.75 Å². The van der Waals surface area contributed by atoms with Gasteiger partial charge in [-0.2, -0.15) is 0 Å². The van der Waals surface area contributed by atoms with E-state index in [9.17, 15) is 8.42 Å². The number of nitrogens with one attached hydrogen (secondary N) is 1. The number of hydrogen-bond donors (Lipinski definition) is 1. The maximum Gasteiger partial charge on any atom is 0.180 e. The third-order valence-electron chi connectivity index (χ3n) is 3.84. The lowest BCUT2D eigenvalue weighted by Crippen LogP contribution is -2.25. The van der Waals surface area contributed by atoms with Crippen molar-refractivity contribution in [2.75, 3.05) is 17.6 Å². The standard InChI is InChI=1S/C16H27NO2S/c1-6-20(18,19)16-10-8-7-9-15(16)17-11-14(12(2)3)13(4)5/h7-10,12-14,17H,6,11H2,1-5H3. The molecule has 1 N–H and O–H groups in total. The summed E-state index contributed by atoms with van der Waals surface area (Å²) in [5.74, 6) is 1.78. The van der Waals surface area contributed by atoms with Crippen LogP contribution >= 0.6 is 0 Å². The van der Waals surface area contributed by atoms with Crippen LogP contribution in [0.15, 0.2) is 29.2 Å². The molecule has 0 bridgehead atoms. The molecule has 20 heavy (non-hydrogen) atoms. The van der Waals surface area contributed by atoms with Gasteiger partial charge in [0, 0.05) is 6.54 Å². The maximum absolute atomic E-state index is 12.1. The maximum atomic E-state index is 12.1. The molecular weight excluding hydrogens is 270 g/mol. The normalized spacial score (nSPS) is 12.4. The van der Waals surface area contributed by atoms with Crippen molar-refractivity contribution in [3.63, 3.8) is 0 Å². The Morgan fingerprint density at radius 1 is 1.05 bits per heavy atom. The molecule has 114 valence electrons. The number of anilines is 1. The van der Waals surface area contributed by atoms with Crippen LogP contribution in [0, 0.1) is 17.8 Å². The third-order valence-corrected chi connectivity index (χ3v) is 5.63. The average molecular weight is 297 g/mol. The SMILES string of the molecule is CCS(=O)(=O)c1ccccc1NCC(C(C)C)C(C)C. The van der Waals surface area contributed by atoms with Gasteiger partial charge in [-0.1, -0.05) is 46.8 Å². The number of benzene rings is 1. The van der Waals surface area contributed by atoms with E-state index < -0.39 is 9.84 Å². The molecule has 0 fully saturated rings. The lowest BCUT2D eigenvalue weighted by atomic mass is 9.85. The number of rotatable bonds is 7. The van der Waals surface area contributed by atoms with Crippen LogP contribution in [0.4, 0.5) is 5.69 Å². The van der Waals surface area contributed by atoms with Gasteiger partial charge in [0.05, 0.1) is 16.3 Å². The van der Waals surface area contributed by atoms with E-state index in [0.717, 1.165) is 12.2 Å². The predicted molar refractivity (Wildman–Crippen MR) is 85.8 cm³/mol. The molecular formula is C16H27NO2S. The molecule has 3 nitrogen and oxygen atoms in total. The Labute approximate surface area is 123 Å². The van der Waals surface area contributed by atoms with E-state index in [0.29, 0.717) is 22.6 Å². The zero-order chi connectivity index (χ0) is 15.3. The summed E-state index contributed by atoms with van der Waals surface area (Å²) < 4.78 is 24.2. The fourth-order valence-corrected chi connectivity index (χ4v) is 3.58. The Morgan fingerprint density at radius 2 is 1.60 bits per heavy atom. The Kier molecular flexibility index (Phi) is 6.06. The largest absolute Gasteiger partial charge is 0.384 e. The molecule has 0 spiro atoms. The molecule has 0 heterocycles. The van der Waals surface area contributed by atoms with E-state index in [4.69, 9.17) is 0 Å². The minimum atomic E-state index is -3.18. The van der Waals surface area contributed by atoms with Crippen LogP contribution in [0.3, 0.4) is 0 Å². The summed E-state index contributed by atoms with van der Waals surface area (Å²) >= 11 is 0. The molecule has 1 rings (SSSR count). The second-order valence-corrected chi connectivity index (χ2v) is 8.18. The molecule has 0 aliphatic carbocycles. The molecule has 1 aromatic rings. The van der Waals surface area contributed by atoms with Gasteiger partial charge in [0.2, 0.25) is 0 Å². The van der Waals surface area contributed by atoms with Crippen LogP contribution in [0.25, 0.3) is 0 Å². The summed E-state index contributed by atoms with van der Waals surface area (Å²) in [6.45, 7) is 11.3. The second-order valence-electron chi connectivity index (χ2n) is 5.93. The first-order chi connectivity index (χ1) is 9.29. The molecule has 0 saturated carbocycles. The van der Waals surface area contributed by atoms with Gasteiger partial charge < -0.3 is 5.32 Å². The summed E-state index contributed by atoms with van der Waals surface area (Å²) in [6.07, 6.45) is 0. The van der Waals surface area contributed by atoms with Gasteiger partial charge in [-0.15, -0.1) is 0 Å².